The first-order valence-electron chi connectivity index (χ1n) is 5.06. The highest BCUT2D eigenvalue weighted by atomic mass is 16.2. The topological polar surface area (TPSA) is 46.3 Å². The maximum absolute atomic E-state index is 12.1. The Morgan fingerprint density at radius 3 is 2.31 bits per heavy atom. The second kappa shape index (κ2) is 5.75. The molecule has 0 atom stereocenters. The van der Waals surface area contributed by atoms with E-state index in [1.165, 1.54) is 0 Å². The quantitative estimate of drug-likeness (QED) is 0.605. The smallest absolute Gasteiger partial charge is 0.256 e. The van der Waals surface area contributed by atoms with Gasteiger partial charge in [-0.05, 0) is 12.1 Å². The molecule has 0 aliphatic carbocycles. The number of carbonyl (C=O) groups excluding carboxylic acids is 1. The van der Waals surface area contributed by atoms with E-state index in [2.05, 4.69) is 13.2 Å². The molecule has 1 aromatic rings. The number of hydrogen-bond donors (Lipinski definition) is 1. The summed E-state index contributed by atoms with van der Waals surface area (Å²) in [5.74, 6) is -0.0992. The van der Waals surface area contributed by atoms with Gasteiger partial charge in [0.15, 0.2) is 0 Å². The van der Waals surface area contributed by atoms with Gasteiger partial charge in [-0.1, -0.05) is 24.3 Å². The minimum atomic E-state index is -0.0992. The van der Waals surface area contributed by atoms with Crippen LogP contribution in [0.15, 0.2) is 49.6 Å². The lowest BCUT2D eigenvalue weighted by molar-refractivity contribution is 0.0792. The van der Waals surface area contributed by atoms with Gasteiger partial charge in [0.25, 0.3) is 5.91 Å². The predicted molar refractivity (Wildman–Crippen MR) is 67.2 cm³/mol. The Kier molecular flexibility index (Phi) is 4.33. The molecule has 0 bridgehead atoms. The Bertz CT molecular complexity index is 389. The van der Waals surface area contributed by atoms with Gasteiger partial charge in [-0.25, -0.2) is 0 Å². The number of hydrogen-bond acceptors (Lipinski definition) is 2. The SMILES string of the molecule is C=CCN(CC=C)C(=O)c1ccccc1N. The minimum absolute atomic E-state index is 0.0992. The highest BCUT2D eigenvalue weighted by Gasteiger charge is 2.15. The van der Waals surface area contributed by atoms with E-state index < -0.39 is 0 Å². The molecule has 0 radical (unpaired) electrons. The van der Waals surface area contributed by atoms with Crippen LogP contribution in [0.25, 0.3) is 0 Å². The summed E-state index contributed by atoms with van der Waals surface area (Å²) in [6, 6.07) is 7.03. The van der Waals surface area contributed by atoms with Gasteiger partial charge >= 0.3 is 0 Å². The Labute approximate surface area is 95.9 Å². The first-order valence-corrected chi connectivity index (χ1v) is 5.06. The summed E-state index contributed by atoms with van der Waals surface area (Å²) in [5.41, 5.74) is 6.76. The minimum Gasteiger partial charge on any atom is -0.398 e. The molecule has 2 N–H and O–H groups in total. The average Bonchev–Trinajstić information content (AvgIpc) is 2.28. The molecule has 0 heterocycles. The molecule has 0 aliphatic heterocycles. The van der Waals surface area contributed by atoms with Crippen molar-refractivity contribution in [2.45, 2.75) is 0 Å². The van der Waals surface area contributed by atoms with Gasteiger partial charge in [0.2, 0.25) is 0 Å². The van der Waals surface area contributed by atoms with Crippen LogP contribution in [0, 0.1) is 0 Å². The van der Waals surface area contributed by atoms with Crippen LogP contribution in [0.4, 0.5) is 5.69 Å². The third-order valence-corrected chi connectivity index (χ3v) is 2.18. The van der Waals surface area contributed by atoms with Crippen molar-refractivity contribution in [2.75, 3.05) is 18.8 Å². The number of nitrogens with two attached hydrogens (primary N) is 1. The molecule has 0 aliphatic rings. The van der Waals surface area contributed by atoms with Crippen molar-refractivity contribution in [3.05, 3.63) is 55.1 Å². The summed E-state index contributed by atoms with van der Waals surface area (Å²) in [4.78, 5) is 13.7. The highest BCUT2D eigenvalue weighted by molar-refractivity contribution is 5.99. The number of nitrogens with zero attached hydrogens (tertiary/aromatic N) is 1. The Hall–Kier alpha value is -2.03. The van der Waals surface area contributed by atoms with Crippen LogP contribution in [-0.2, 0) is 0 Å². The van der Waals surface area contributed by atoms with Crippen molar-refractivity contribution in [2.24, 2.45) is 0 Å². The fraction of sp³-hybridized carbons (Fsp3) is 0.154. The third kappa shape index (κ3) is 2.73. The molecule has 1 amide bonds. The van der Waals surface area contributed by atoms with Crippen molar-refractivity contribution >= 4 is 11.6 Å². The van der Waals surface area contributed by atoms with Crippen LogP contribution < -0.4 is 5.73 Å². The second-order valence-corrected chi connectivity index (χ2v) is 3.37. The fourth-order valence-corrected chi connectivity index (χ4v) is 1.41. The molecule has 1 aromatic carbocycles. The molecule has 3 nitrogen and oxygen atoms in total. The average molecular weight is 216 g/mol. The van der Waals surface area contributed by atoms with Crippen molar-refractivity contribution in [3.8, 4) is 0 Å². The molecule has 1 rings (SSSR count). The van der Waals surface area contributed by atoms with E-state index in [0.29, 0.717) is 24.3 Å². The lowest BCUT2D eigenvalue weighted by Crippen LogP contribution is -2.31. The predicted octanol–water partition coefficient (Wildman–Crippen LogP) is 2.08. The van der Waals surface area contributed by atoms with Crippen molar-refractivity contribution < 1.29 is 4.79 Å². The van der Waals surface area contributed by atoms with Gasteiger partial charge in [-0.2, -0.15) is 0 Å². The Balaban J connectivity index is 2.94. The molecule has 0 saturated carbocycles. The van der Waals surface area contributed by atoms with E-state index in [1.807, 2.05) is 0 Å². The zero-order chi connectivity index (χ0) is 12.0. The van der Waals surface area contributed by atoms with Gasteiger partial charge < -0.3 is 10.6 Å². The van der Waals surface area contributed by atoms with Crippen LogP contribution in [0.3, 0.4) is 0 Å². The number of rotatable bonds is 5. The van der Waals surface area contributed by atoms with Crippen LogP contribution in [0.1, 0.15) is 10.4 Å². The largest absolute Gasteiger partial charge is 0.398 e. The van der Waals surface area contributed by atoms with Gasteiger partial charge in [0.05, 0.1) is 5.56 Å². The maximum atomic E-state index is 12.1. The molecule has 0 spiro atoms. The number of benzene rings is 1. The summed E-state index contributed by atoms with van der Waals surface area (Å²) in [6.45, 7) is 8.21. The van der Waals surface area contributed by atoms with Gasteiger partial charge in [-0.15, -0.1) is 13.2 Å². The monoisotopic (exact) mass is 216 g/mol. The molecular formula is C13H16N2O. The number of nitrogen functional groups attached to an aromatic ring is 1. The summed E-state index contributed by atoms with van der Waals surface area (Å²) in [5, 5.41) is 0. The molecule has 0 unspecified atom stereocenters. The Morgan fingerprint density at radius 2 is 1.81 bits per heavy atom. The summed E-state index contributed by atoms with van der Waals surface area (Å²) < 4.78 is 0. The van der Waals surface area contributed by atoms with E-state index in [4.69, 9.17) is 5.73 Å². The standard InChI is InChI=1S/C13H16N2O/c1-3-9-15(10-4-2)13(16)11-7-5-6-8-12(11)14/h3-8H,1-2,9-10,14H2. The van der Waals surface area contributed by atoms with E-state index in [-0.39, 0.29) is 5.91 Å². The summed E-state index contributed by atoms with van der Waals surface area (Å²) >= 11 is 0. The second-order valence-electron chi connectivity index (χ2n) is 3.37. The normalized spacial score (nSPS) is 9.50. The molecule has 0 aromatic heterocycles. The van der Waals surface area contributed by atoms with Crippen LogP contribution in [0.2, 0.25) is 0 Å². The number of para-hydroxylation sites is 1. The van der Waals surface area contributed by atoms with Gasteiger partial charge in [0, 0.05) is 18.8 Å². The van der Waals surface area contributed by atoms with E-state index >= 15 is 0 Å². The van der Waals surface area contributed by atoms with Crippen molar-refractivity contribution in [1.29, 1.82) is 0 Å². The van der Waals surface area contributed by atoms with E-state index in [0.717, 1.165) is 0 Å². The van der Waals surface area contributed by atoms with Crippen molar-refractivity contribution in [1.82, 2.24) is 4.90 Å². The van der Waals surface area contributed by atoms with Crippen LogP contribution >= 0.6 is 0 Å². The molecular weight excluding hydrogens is 200 g/mol. The first-order chi connectivity index (χ1) is 7.70. The first kappa shape index (κ1) is 12.0. The third-order valence-electron chi connectivity index (χ3n) is 2.18. The van der Waals surface area contributed by atoms with Gasteiger partial charge in [-0.3, -0.25) is 4.79 Å². The van der Waals surface area contributed by atoms with Gasteiger partial charge in [0.1, 0.15) is 0 Å². The highest BCUT2D eigenvalue weighted by Crippen LogP contribution is 2.13. The summed E-state index contributed by atoms with van der Waals surface area (Å²) in [6.07, 6.45) is 3.36. The Morgan fingerprint density at radius 1 is 1.25 bits per heavy atom. The molecule has 84 valence electrons. The van der Waals surface area contributed by atoms with Crippen LogP contribution in [0.5, 0.6) is 0 Å². The number of anilines is 1. The molecule has 0 fully saturated rings. The molecule has 3 heteroatoms. The summed E-state index contributed by atoms with van der Waals surface area (Å²) in [7, 11) is 0. The lowest BCUT2D eigenvalue weighted by atomic mass is 10.1. The number of carbonyl (C=O) groups is 1. The zero-order valence-corrected chi connectivity index (χ0v) is 9.23. The zero-order valence-electron chi connectivity index (χ0n) is 9.23. The molecule has 0 saturated heterocycles. The van der Waals surface area contributed by atoms with E-state index in [1.54, 1.807) is 41.3 Å². The van der Waals surface area contributed by atoms with E-state index in [9.17, 15) is 4.79 Å². The lowest BCUT2D eigenvalue weighted by Gasteiger charge is -2.20. The number of amides is 1. The molecule has 16 heavy (non-hydrogen) atoms. The van der Waals surface area contributed by atoms with Crippen LogP contribution in [-0.4, -0.2) is 23.9 Å². The van der Waals surface area contributed by atoms with Crippen molar-refractivity contribution in [3.63, 3.8) is 0 Å². The maximum Gasteiger partial charge on any atom is 0.256 e. The fourth-order valence-electron chi connectivity index (χ4n) is 1.41.